The van der Waals surface area contributed by atoms with E-state index in [9.17, 15) is 4.79 Å². The van der Waals surface area contributed by atoms with E-state index in [-0.39, 0.29) is 6.04 Å². The van der Waals surface area contributed by atoms with Crippen LogP contribution in [0.2, 0.25) is 0 Å². The summed E-state index contributed by atoms with van der Waals surface area (Å²) in [6.07, 6.45) is 2.99. The number of amides is 1. The number of carbonyl (C=O) groups excluding carboxylic acids is 1. The minimum Gasteiger partial charge on any atom is -0.341 e. The van der Waals surface area contributed by atoms with E-state index >= 15 is 0 Å². The Kier molecular flexibility index (Phi) is 5.74. The van der Waals surface area contributed by atoms with Gasteiger partial charge in [-0.05, 0) is 25.2 Å². The normalized spacial score (nSPS) is 27.4. The van der Waals surface area contributed by atoms with Gasteiger partial charge < -0.3 is 9.47 Å². The third-order valence-corrected chi connectivity index (χ3v) is 5.66. The van der Waals surface area contributed by atoms with Crippen LogP contribution in [0, 0.1) is 11.8 Å². The van der Waals surface area contributed by atoms with Crippen molar-refractivity contribution in [3.8, 4) is 0 Å². The van der Waals surface area contributed by atoms with Gasteiger partial charge in [0.2, 0.25) is 5.91 Å². The van der Waals surface area contributed by atoms with Crippen LogP contribution in [0.5, 0.6) is 0 Å². The summed E-state index contributed by atoms with van der Waals surface area (Å²) in [6.45, 7) is 12.9. The minimum absolute atomic E-state index is 0.258. The maximum absolute atomic E-state index is 12.7. The first-order valence-electron chi connectivity index (χ1n) is 9.52. The Morgan fingerprint density at radius 3 is 2.40 bits per heavy atom. The number of rotatable bonds is 4. The van der Waals surface area contributed by atoms with Crippen molar-refractivity contribution in [2.75, 3.05) is 45.8 Å². The van der Waals surface area contributed by atoms with E-state index in [2.05, 4.69) is 45.7 Å². The number of aryl methyl sites for hydroxylation is 1. The Hall–Kier alpha value is -1.47. The second-order valence-electron chi connectivity index (χ2n) is 8.03. The van der Waals surface area contributed by atoms with Gasteiger partial charge in [-0.25, -0.2) is 0 Å². The quantitative estimate of drug-likeness (QED) is 0.812. The lowest BCUT2D eigenvalue weighted by atomic mass is 9.92. The molecule has 7 nitrogen and oxygen atoms in total. The van der Waals surface area contributed by atoms with Gasteiger partial charge in [-0.2, -0.15) is 0 Å². The fraction of sp³-hybridized carbons (Fsp3) is 0.833. The minimum atomic E-state index is 0.258. The molecule has 2 saturated heterocycles. The van der Waals surface area contributed by atoms with Crippen molar-refractivity contribution in [2.45, 2.75) is 33.2 Å². The number of carbonyl (C=O) groups is 1. The van der Waals surface area contributed by atoms with Gasteiger partial charge in [0.05, 0.1) is 12.6 Å². The Morgan fingerprint density at radius 1 is 1.20 bits per heavy atom. The summed E-state index contributed by atoms with van der Waals surface area (Å²) in [5.41, 5.74) is 0. The summed E-state index contributed by atoms with van der Waals surface area (Å²) >= 11 is 0. The summed E-state index contributed by atoms with van der Waals surface area (Å²) in [7, 11) is 1.99. The highest BCUT2D eigenvalue weighted by Crippen LogP contribution is 2.22. The Morgan fingerprint density at radius 2 is 1.84 bits per heavy atom. The van der Waals surface area contributed by atoms with E-state index in [4.69, 9.17) is 0 Å². The molecule has 2 aliphatic rings. The number of aromatic nitrogens is 3. The molecule has 0 spiro atoms. The van der Waals surface area contributed by atoms with Gasteiger partial charge in [0.1, 0.15) is 12.2 Å². The fourth-order valence-electron chi connectivity index (χ4n) is 4.30. The van der Waals surface area contributed by atoms with Crippen molar-refractivity contribution in [3.63, 3.8) is 0 Å². The van der Waals surface area contributed by atoms with Crippen LogP contribution < -0.4 is 0 Å². The van der Waals surface area contributed by atoms with E-state index in [1.165, 1.54) is 6.42 Å². The number of piperidine rings is 1. The molecule has 140 valence electrons. The van der Waals surface area contributed by atoms with Gasteiger partial charge in [0.15, 0.2) is 0 Å². The molecule has 1 aromatic rings. The number of piperazine rings is 1. The predicted octanol–water partition coefficient (Wildman–Crippen LogP) is 0.998. The molecule has 0 saturated carbocycles. The number of likely N-dealkylation sites (tertiary alicyclic amines) is 1. The molecule has 1 aromatic heterocycles. The highest BCUT2D eigenvalue weighted by atomic mass is 16.2. The topological polar surface area (TPSA) is 57.5 Å². The van der Waals surface area contributed by atoms with Crippen LogP contribution in [0.3, 0.4) is 0 Å². The molecule has 25 heavy (non-hydrogen) atoms. The highest BCUT2D eigenvalue weighted by molar-refractivity contribution is 5.78. The van der Waals surface area contributed by atoms with Gasteiger partial charge in [-0.1, -0.05) is 13.8 Å². The molecule has 0 aromatic carbocycles. The van der Waals surface area contributed by atoms with Crippen LogP contribution in [-0.4, -0.2) is 81.2 Å². The highest BCUT2D eigenvalue weighted by Gasteiger charge is 2.29. The third-order valence-electron chi connectivity index (χ3n) is 5.66. The van der Waals surface area contributed by atoms with Gasteiger partial charge >= 0.3 is 0 Å². The van der Waals surface area contributed by atoms with E-state index < -0.39 is 0 Å². The molecular weight excluding hydrogens is 316 g/mol. The van der Waals surface area contributed by atoms with Crippen molar-refractivity contribution >= 4 is 5.91 Å². The monoisotopic (exact) mass is 348 g/mol. The molecule has 0 radical (unpaired) electrons. The average molecular weight is 348 g/mol. The second kappa shape index (κ2) is 7.83. The molecule has 3 rings (SSSR count). The molecule has 7 heteroatoms. The zero-order chi connectivity index (χ0) is 18.0. The van der Waals surface area contributed by atoms with E-state index in [0.29, 0.717) is 24.3 Å². The van der Waals surface area contributed by atoms with Gasteiger partial charge in [-0.3, -0.25) is 14.6 Å². The van der Waals surface area contributed by atoms with Crippen molar-refractivity contribution in [1.29, 1.82) is 0 Å². The number of hydrogen-bond donors (Lipinski definition) is 0. The largest absolute Gasteiger partial charge is 0.341 e. The molecule has 0 N–H and O–H groups in total. The summed E-state index contributed by atoms with van der Waals surface area (Å²) in [4.78, 5) is 19.5. The molecular formula is C18H32N6O. The van der Waals surface area contributed by atoms with Crippen LogP contribution in [0.4, 0.5) is 0 Å². The first kappa shape index (κ1) is 18.3. The van der Waals surface area contributed by atoms with E-state index in [1.54, 1.807) is 6.33 Å². The summed E-state index contributed by atoms with van der Waals surface area (Å²) < 4.78 is 1.99. The van der Waals surface area contributed by atoms with Crippen molar-refractivity contribution < 1.29 is 4.79 Å². The van der Waals surface area contributed by atoms with Crippen LogP contribution >= 0.6 is 0 Å². The van der Waals surface area contributed by atoms with Crippen LogP contribution in [0.15, 0.2) is 6.33 Å². The molecule has 0 aliphatic carbocycles. The Bertz CT molecular complexity index is 570. The molecule has 3 heterocycles. The zero-order valence-electron chi connectivity index (χ0n) is 16.1. The van der Waals surface area contributed by atoms with E-state index in [0.717, 1.165) is 45.1 Å². The maximum Gasteiger partial charge on any atom is 0.236 e. The van der Waals surface area contributed by atoms with Crippen LogP contribution in [-0.2, 0) is 11.8 Å². The van der Waals surface area contributed by atoms with Crippen LogP contribution in [0.1, 0.15) is 39.1 Å². The number of hydrogen-bond acceptors (Lipinski definition) is 5. The Balaban J connectivity index is 1.47. The van der Waals surface area contributed by atoms with Gasteiger partial charge in [-0.15, -0.1) is 10.2 Å². The number of nitrogens with zero attached hydrogens (tertiary/aromatic N) is 6. The fourth-order valence-corrected chi connectivity index (χ4v) is 4.30. The first-order valence-corrected chi connectivity index (χ1v) is 9.52. The zero-order valence-corrected chi connectivity index (χ0v) is 16.1. The van der Waals surface area contributed by atoms with Gasteiger partial charge in [0.25, 0.3) is 0 Å². The molecule has 0 unspecified atom stereocenters. The molecule has 3 atom stereocenters. The maximum atomic E-state index is 12.7. The molecule has 2 fully saturated rings. The second-order valence-corrected chi connectivity index (χ2v) is 8.03. The lowest BCUT2D eigenvalue weighted by Crippen LogP contribution is -2.52. The Labute approximate surface area is 151 Å². The van der Waals surface area contributed by atoms with Crippen LogP contribution in [0.25, 0.3) is 0 Å². The third kappa shape index (κ3) is 4.39. The standard InChI is InChI=1S/C18H32N6O/c1-14-9-15(2)11-24(10-14)17(25)12-22-5-7-23(8-6-22)16(3)18-20-19-13-21(18)4/h13-16H,5-12H2,1-4H3/t14-,15-,16-/m1/s1. The van der Waals surface area contributed by atoms with E-state index in [1.807, 2.05) is 11.6 Å². The average Bonchev–Trinajstić information content (AvgIpc) is 3.00. The molecule has 0 bridgehead atoms. The molecule has 1 amide bonds. The predicted molar refractivity (Wildman–Crippen MR) is 97.0 cm³/mol. The van der Waals surface area contributed by atoms with Gasteiger partial charge in [0, 0.05) is 46.3 Å². The summed E-state index contributed by atoms with van der Waals surface area (Å²) in [5, 5.41) is 8.21. The van der Waals surface area contributed by atoms with Crippen molar-refractivity contribution in [2.24, 2.45) is 18.9 Å². The van der Waals surface area contributed by atoms with Crippen molar-refractivity contribution in [3.05, 3.63) is 12.2 Å². The summed E-state index contributed by atoms with van der Waals surface area (Å²) in [6, 6.07) is 0.258. The first-order chi connectivity index (χ1) is 11.9. The SMILES string of the molecule is C[C@@H]1C[C@@H](C)CN(C(=O)CN2CCN([C@H](C)c3nncn3C)CC2)C1. The van der Waals surface area contributed by atoms with Crippen molar-refractivity contribution in [1.82, 2.24) is 29.5 Å². The lowest BCUT2D eigenvalue weighted by Gasteiger charge is -2.39. The summed E-state index contributed by atoms with van der Waals surface area (Å²) in [5.74, 6) is 2.54. The molecule has 2 aliphatic heterocycles. The smallest absolute Gasteiger partial charge is 0.236 e. The lowest BCUT2D eigenvalue weighted by molar-refractivity contribution is -0.135.